The summed E-state index contributed by atoms with van der Waals surface area (Å²) >= 11 is 0. The SMILES string of the molecule is CC(NCC(N)=O)c1ccc(N(C)C)cc1. The van der Waals surface area contributed by atoms with Gasteiger partial charge in [-0.2, -0.15) is 0 Å². The average molecular weight is 221 g/mol. The standard InChI is InChI=1S/C12H19N3O/c1-9(14-8-12(13)16)10-4-6-11(7-5-10)15(2)3/h4-7,9,14H,8H2,1-3H3,(H2,13,16). The van der Waals surface area contributed by atoms with Gasteiger partial charge in [0.2, 0.25) is 5.91 Å². The highest BCUT2D eigenvalue weighted by atomic mass is 16.1. The van der Waals surface area contributed by atoms with E-state index in [-0.39, 0.29) is 18.5 Å². The number of hydrogen-bond acceptors (Lipinski definition) is 3. The molecule has 4 nitrogen and oxygen atoms in total. The number of nitrogens with two attached hydrogens (primary N) is 1. The molecule has 0 aliphatic heterocycles. The fraction of sp³-hybridized carbons (Fsp3) is 0.417. The van der Waals surface area contributed by atoms with Gasteiger partial charge in [-0.25, -0.2) is 0 Å². The molecule has 3 N–H and O–H groups in total. The van der Waals surface area contributed by atoms with Gasteiger partial charge in [-0.15, -0.1) is 0 Å². The lowest BCUT2D eigenvalue weighted by atomic mass is 10.1. The van der Waals surface area contributed by atoms with E-state index in [2.05, 4.69) is 17.4 Å². The first kappa shape index (κ1) is 12.5. The van der Waals surface area contributed by atoms with Crippen LogP contribution < -0.4 is 16.0 Å². The Morgan fingerprint density at radius 2 is 1.94 bits per heavy atom. The molecule has 0 bridgehead atoms. The van der Waals surface area contributed by atoms with Crippen LogP contribution in [0.3, 0.4) is 0 Å². The van der Waals surface area contributed by atoms with E-state index in [0.717, 1.165) is 11.3 Å². The Labute approximate surface area is 96.4 Å². The molecule has 0 fully saturated rings. The molecule has 88 valence electrons. The Morgan fingerprint density at radius 1 is 1.38 bits per heavy atom. The molecule has 0 spiro atoms. The lowest BCUT2D eigenvalue weighted by Crippen LogP contribution is -2.30. The van der Waals surface area contributed by atoms with Crippen LogP contribution in [0.1, 0.15) is 18.5 Å². The van der Waals surface area contributed by atoms with E-state index < -0.39 is 0 Å². The van der Waals surface area contributed by atoms with Crippen LogP contribution >= 0.6 is 0 Å². The summed E-state index contributed by atoms with van der Waals surface area (Å²) in [4.78, 5) is 12.7. The number of carbonyl (C=O) groups excluding carboxylic acids is 1. The van der Waals surface area contributed by atoms with Crippen molar-refractivity contribution in [3.05, 3.63) is 29.8 Å². The third-order valence-corrected chi connectivity index (χ3v) is 2.49. The summed E-state index contributed by atoms with van der Waals surface area (Å²) in [6, 6.07) is 8.33. The number of nitrogens with zero attached hydrogens (tertiary/aromatic N) is 1. The molecule has 1 aromatic carbocycles. The fourth-order valence-corrected chi connectivity index (χ4v) is 1.43. The number of amides is 1. The van der Waals surface area contributed by atoms with E-state index >= 15 is 0 Å². The summed E-state index contributed by atoms with van der Waals surface area (Å²) in [5.74, 6) is -0.336. The highest BCUT2D eigenvalue weighted by Crippen LogP contribution is 2.17. The van der Waals surface area contributed by atoms with Crippen LogP contribution in [0.4, 0.5) is 5.69 Å². The van der Waals surface area contributed by atoms with Gasteiger partial charge in [0.15, 0.2) is 0 Å². The summed E-state index contributed by atoms with van der Waals surface area (Å²) in [6.45, 7) is 2.21. The van der Waals surface area contributed by atoms with Crippen LogP contribution in [0.15, 0.2) is 24.3 Å². The first-order valence-corrected chi connectivity index (χ1v) is 5.29. The molecule has 1 rings (SSSR count). The number of anilines is 1. The van der Waals surface area contributed by atoms with Gasteiger partial charge in [-0.3, -0.25) is 4.79 Å². The predicted molar refractivity (Wildman–Crippen MR) is 66.4 cm³/mol. The summed E-state index contributed by atoms with van der Waals surface area (Å²) in [5.41, 5.74) is 7.38. The summed E-state index contributed by atoms with van der Waals surface area (Å²) < 4.78 is 0. The second kappa shape index (κ2) is 5.51. The molecule has 1 atom stereocenters. The molecular weight excluding hydrogens is 202 g/mol. The summed E-state index contributed by atoms with van der Waals surface area (Å²) in [6.07, 6.45) is 0. The number of hydrogen-bond donors (Lipinski definition) is 2. The maximum Gasteiger partial charge on any atom is 0.231 e. The molecule has 1 amide bonds. The molecule has 0 aliphatic carbocycles. The second-order valence-corrected chi connectivity index (χ2v) is 4.05. The first-order chi connectivity index (χ1) is 7.50. The Morgan fingerprint density at radius 3 is 2.38 bits per heavy atom. The molecule has 0 radical (unpaired) electrons. The highest BCUT2D eigenvalue weighted by molar-refractivity contribution is 5.75. The first-order valence-electron chi connectivity index (χ1n) is 5.29. The van der Waals surface area contributed by atoms with Gasteiger partial charge in [0, 0.05) is 25.8 Å². The third-order valence-electron chi connectivity index (χ3n) is 2.49. The summed E-state index contributed by atoms with van der Waals surface area (Å²) in [7, 11) is 4.01. The van der Waals surface area contributed by atoms with Crippen molar-refractivity contribution in [1.82, 2.24) is 5.32 Å². The Balaban J connectivity index is 2.62. The van der Waals surface area contributed by atoms with Crippen LogP contribution in [-0.2, 0) is 4.79 Å². The highest BCUT2D eigenvalue weighted by Gasteiger charge is 2.05. The number of benzene rings is 1. The van der Waals surface area contributed by atoms with Crippen molar-refractivity contribution in [2.45, 2.75) is 13.0 Å². The largest absolute Gasteiger partial charge is 0.378 e. The number of rotatable bonds is 5. The normalized spacial score (nSPS) is 12.2. The van der Waals surface area contributed by atoms with Crippen molar-refractivity contribution in [2.24, 2.45) is 5.73 Å². The quantitative estimate of drug-likeness (QED) is 0.776. The van der Waals surface area contributed by atoms with Crippen LogP contribution in [0, 0.1) is 0 Å². The van der Waals surface area contributed by atoms with E-state index in [0.29, 0.717) is 0 Å². The van der Waals surface area contributed by atoms with E-state index in [4.69, 9.17) is 5.73 Å². The Bertz CT molecular complexity index is 346. The molecule has 1 unspecified atom stereocenters. The van der Waals surface area contributed by atoms with Gasteiger partial charge >= 0.3 is 0 Å². The van der Waals surface area contributed by atoms with Crippen LogP contribution in [0.5, 0.6) is 0 Å². The van der Waals surface area contributed by atoms with Crippen molar-refractivity contribution >= 4 is 11.6 Å². The maximum atomic E-state index is 10.6. The lowest BCUT2D eigenvalue weighted by molar-refractivity contribution is -0.117. The predicted octanol–water partition coefficient (Wildman–Crippen LogP) is 0.889. The maximum absolute atomic E-state index is 10.6. The molecule has 0 aromatic heterocycles. The van der Waals surface area contributed by atoms with Gasteiger partial charge in [0.25, 0.3) is 0 Å². The molecule has 0 saturated heterocycles. The summed E-state index contributed by atoms with van der Waals surface area (Å²) in [5, 5.41) is 3.06. The topological polar surface area (TPSA) is 58.4 Å². The van der Waals surface area contributed by atoms with Crippen molar-refractivity contribution in [1.29, 1.82) is 0 Å². The number of primary amides is 1. The van der Waals surface area contributed by atoms with Crippen molar-refractivity contribution in [3.8, 4) is 0 Å². The lowest BCUT2D eigenvalue weighted by Gasteiger charge is -2.16. The van der Waals surface area contributed by atoms with Crippen LogP contribution in [-0.4, -0.2) is 26.5 Å². The van der Waals surface area contributed by atoms with Crippen LogP contribution in [0.25, 0.3) is 0 Å². The molecule has 0 saturated carbocycles. The minimum atomic E-state index is -0.336. The van der Waals surface area contributed by atoms with Crippen molar-refractivity contribution in [3.63, 3.8) is 0 Å². The Kier molecular flexibility index (Phi) is 4.31. The van der Waals surface area contributed by atoms with E-state index in [1.807, 2.05) is 38.1 Å². The number of nitrogens with one attached hydrogen (secondary N) is 1. The molecule has 4 heteroatoms. The van der Waals surface area contributed by atoms with Gasteiger partial charge in [0.05, 0.1) is 6.54 Å². The second-order valence-electron chi connectivity index (χ2n) is 4.05. The molecule has 1 aromatic rings. The average Bonchev–Trinajstić information content (AvgIpc) is 2.26. The van der Waals surface area contributed by atoms with Gasteiger partial charge in [-0.1, -0.05) is 12.1 Å². The van der Waals surface area contributed by atoms with Crippen molar-refractivity contribution < 1.29 is 4.79 Å². The van der Waals surface area contributed by atoms with Gasteiger partial charge < -0.3 is 16.0 Å². The zero-order valence-electron chi connectivity index (χ0n) is 10.0. The van der Waals surface area contributed by atoms with Crippen LogP contribution in [0.2, 0.25) is 0 Å². The van der Waals surface area contributed by atoms with Gasteiger partial charge in [0.1, 0.15) is 0 Å². The van der Waals surface area contributed by atoms with Gasteiger partial charge in [-0.05, 0) is 24.6 Å². The fourth-order valence-electron chi connectivity index (χ4n) is 1.43. The van der Waals surface area contributed by atoms with Crippen molar-refractivity contribution in [2.75, 3.05) is 25.5 Å². The minimum Gasteiger partial charge on any atom is -0.378 e. The molecule has 0 aliphatic rings. The zero-order chi connectivity index (χ0) is 12.1. The molecular formula is C12H19N3O. The van der Waals surface area contributed by atoms with E-state index in [1.165, 1.54) is 0 Å². The number of carbonyl (C=O) groups is 1. The zero-order valence-corrected chi connectivity index (χ0v) is 10.0. The third kappa shape index (κ3) is 3.55. The minimum absolute atomic E-state index is 0.128. The van der Waals surface area contributed by atoms with E-state index in [9.17, 15) is 4.79 Å². The smallest absolute Gasteiger partial charge is 0.231 e. The van der Waals surface area contributed by atoms with E-state index in [1.54, 1.807) is 0 Å². The molecule has 0 heterocycles. The Hall–Kier alpha value is -1.55. The molecule has 16 heavy (non-hydrogen) atoms. The monoisotopic (exact) mass is 221 g/mol.